The van der Waals surface area contributed by atoms with E-state index in [9.17, 15) is 4.79 Å². The SMILES string of the molecule is O=C(O)c1cccc(/C(Br)=C/C2=CC=CN=CN2)c1. The highest BCUT2D eigenvalue weighted by Gasteiger charge is 2.05. The molecule has 0 saturated heterocycles. The van der Waals surface area contributed by atoms with Crippen molar-refractivity contribution in [3.05, 3.63) is 65.5 Å². The largest absolute Gasteiger partial charge is 0.478 e. The Labute approximate surface area is 119 Å². The molecule has 0 saturated carbocycles. The van der Waals surface area contributed by atoms with Crippen LogP contribution in [0.5, 0.6) is 0 Å². The van der Waals surface area contributed by atoms with Crippen LogP contribution in [0.15, 0.2) is 59.4 Å². The van der Waals surface area contributed by atoms with Gasteiger partial charge in [-0.3, -0.25) is 0 Å². The fourth-order valence-corrected chi connectivity index (χ4v) is 2.00. The Morgan fingerprint density at radius 2 is 2.16 bits per heavy atom. The number of carboxylic acid groups (broad SMARTS) is 1. The molecule has 2 rings (SSSR count). The molecule has 19 heavy (non-hydrogen) atoms. The summed E-state index contributed by atoms with van der Waals surface area (Å²) in [5.74, 6) is -0.941. The molecular weight excluding hydrogens is 308 g/mol. The summed E-state index contributed by atoms with van der Waals surface area (Å²) in [5, 5.41) is 12.0. The van der Waals surface area contributed by atoms with Gasteiger partial charge in [0.25, 0.3) is 0 Å². The van der Waals surface area contributed by atoms with Crippen LogP contribution in [0, 0.1) is 0 Å². The van der Waals surface area contributed by atoms with E-state index in [1.165, 1.54) is 0 Å². The average Bonchev–Trinajstić information content (AvgIpc) is 2.67. The molecule has 1 aliphatic rings. The van der Waals surface area contributed by atoms with E-state index < -0.39 is 5.97 Å². The number of benzene rings is 1. The molecule has 0 radical (unpaired) electrons. The number of aliphatic imine (C=N–C) groups is 1. The fourth-order valence-electron chi connectivity index (χ4n) is 1.51. The first kappa shape index (κ1) is 13.3. The maximum Gasteiger partial charge on any atom is 0.335 e. The van der Waals surface area contributed by atoms with Crippen LogP contribution in [0.3, 0.4) is 0 Å². The van der Waals surface area contributed by atoms with Crippen LogP contribution in [0.2, 0.25) is 0 Å². The first-order valence-corrected chi connectivity index (χ1v) is 6.32. The maximum absolute atomic E-state index is 10.9. The van der Waals surface area contributed by atoms with Crippen molar-refractivity contribution in [2.75, 3.05) is 0 Å². The van der Waals surface area contributed by atoms with Crippen molar-refractivity contribution in [2.24, 2.45) is 4.99 Å². The summed E-state index contributed by atoms with van der Waals surface area (Å²) in [5.41, 5.74) is 1.91. The van der Waals surface area contributed by atoms with Gasteiger partial charge in [-0.2, -0.15) is 0 Å². The molecule has 0 bridgehead atoms. The number of hydrogen-bond donors (Lipinski definition) is 2. The maximum atomic E-state index is 10.9. The van der Waals surface area contributed by atoms with Gasteiger partial charge in [-0.05, 0) is 35.9 Å². The predicted octanol–water partition coefficient (Wildman–Crippen LogP) is 3.15. The number of hydrogen-bond acceptors (Lipinski definition) is 3. The lowest BCUT2D eigenvalue weighted by Gasteiger charge is -2.04. The van der Waals surface area contributed by atoms with Gasteiger partial charge in [0.1, 0.15) is 0 Å². The highest BCUT2D eigenvalue weighted by molar-refractivity contribution is 9.15. The summed E-state index contributed by atoms with van der Waals surface area (Å²) >= 11 is 3.45. The predicted molar refractivity (Wildman–Crippen MR) is 79.2 cm³/mol. The number of rotatable bonds is 3. The van der Waals surface area contributed by atoms with Crippen molar-refractivity contribution >= 4 is 32.7 Å². The van der Waals surface area contributed by atoms with E-state index in [0.717, 1.165) is 15.7 Å². The smallest absolute Gasteiger partial charge is 0.335 e. The van der Waals surface area contributed by atoms with Crippen LogP contribution in [0.1, 0.15) is 15.9 Å². The lowest BCUT2D eigenvalue weighted by Crippen LogP contribution is -2.07. The third-order valence-electron chi connectivity index (χ3n) is 2.42. The van der Waals surface area contributed by atoms with Gasteiger partial charge in [0.15, 0.2) is 0 Å². The minimum Gasteiger partial charge on any atom is -0.478 e. The van der Waals surface area contributed by atoms with Crippen molar-refractivity contribution in [3.8, 4) is 0 Å². The van der Waals surface area contributed by atoms with E-state index in [2.05, 4.69) is 26.2 Å². The molecule has 96 valence electrons. The normalized spacial score (nSPS) is 14.6. The third-order valence-corrected chi connectivity index (χ3v) is 3.11. The van der Waals surface area contributed by atoms with Crippen LogP contribution in [-0.2, 0) is 0 Å². The monoisotopic (exact) mass is 318 g/mol. The first-order chi connectivity index (χ1) is 9.16. The molecule has 0 aliphatic carbocycles. The molecule has 4 nitrogen and oxygen atoms in total. The summed E-state index contributed by atoms with van der Waals surface area (Å²) in [6, 6.07) is 6.73. The Hall–Kier alpha value is -2.14. The molecular formula is C14H11BrN2O2. The molecule has 1 aliphatic heterocycles. The first-order valence-electron chi connectivity index (χ1n) is 5.53. The van der Waals surface area contributed by atoms with Crippen molar-refractivity contribution in [1.29, 1.82) is 0 Å². The number of halogens is 1. The summed E-state index contributed by atoms with van der Waals surface area (Å²) in [6.45, 7) is 0. The molecule has 0 amide bonds. The Morgan fingerprint density at radius 3 is 2.95 bits per heavy atom. The lowest BCUT2D eigenvalue weighted by molar-refractivity contribution is 0.0697. The van der Waals surface area contributed by atoms with Crippen molar-refractivity contribution < 1.29 is 9.90 Å². The van der Waals surface area contributed by atoms with Gasteiger partial charge < -0.3 is 10.4 Å². The average molecular weight is 319 g/mol. The molecule has 0 unspecified atom stereocenters. The van der Waals surface area contributed by atoms with E-state index in [-0.39, 0.29) is 5.56 Å². The zero-order valence-electron chi connectivity index (χ0n) is 9.88. The Morgan fingerprint density at radius 1 is 1.37 bits per heavy atom. The van der Waals surface area contributed by atoms with E-state index in [1.807, 2.05) is 24.3 Å². The zero-order chi connectivity index (χ0) is 13.7. The summed E-state index contributed by atoms with van der Waals surface area (Å²) < 4.78 is 0.790. The number of nitrogens with zero attached hydrogens (tertiary/aromatic N) is 1. The quantitative estimate of drug-likeness (QED) is 0.900. The second-order valence-electron chi connectivity index (χ2n) is 3.76. The van der Waals surface area contributed by atoms with Crippen molar-refractivity contribution in [3.63, 3.8) is 0 Å². The number of allylic oxidation sites excluding steroid dienone is 3. The van der Waals surface area contributed by atoms with Crippen molar-refractivity contribution in [2.45, 2.75) is 0 Å². The lowest BCUT2D eigenvalue weighted by atomic mass is 10.1. The van der Waals surface area contributed by atoms with Crippen LogP contribution in [0.25, 0.3) is 4.48 Å². The molecule has 1 aromatic carbocycles. The number of carbonyl (C=O) groups is 1. The van der Waals surface area contributed by atoms with Gasteiger partial charge in [-0.25, -0.2) is 9.79 Å². The van der Waals surface area contributed by atoms with Crippen LogP contribution in [-0.4, -0.2) is 17.4 Å². The van der Waals surface area contributed by atoms with Crippen LogP contribution in [0.4, 0.5) is 0 Å². The van der Waals surface area contributed by atoms with E-state index in [1.54, 1.807) is 30.7 Å². The Balaban J connectivity index is 2.28. The molecule has 5 heteroatoms. The number of carboxylic acids is 1. The van der Waals surface area contributed by atoms with E-state index in [0.29, 0.717) is 0 Å². The molecule has 0 fully saturated rings. The Kier molecular flexibility index (Phi) is 4.30. The molecule has 0 aromatic heterocycles. The third kappa shape index (κ3) is 3.66. The summed E-state index contributed by atoms with van der Waals surface area (Å²) in [4.78, 5) is 14.9. The second-order valence-corrected chi connectivity index (χ2v) is 4.62. The second kappa shape index (κ2) is 6.15. The molecule has 1 aromatic rings. The van der Waals surface area contributed by atoms with E-state index >= 15 is 0 Å². The summed E-state index contributed by atoms with van der Waals surface area (Å²) in [6.07, 6.45) is 8.81. The minimum atomic E-state index is -0.941. The van der Waals surface area contributed by atoms with Gasteiger partial charge in [-0.15, -0.1) is 0 Å². The topological polar surface area (TPSA) is 61.7 Å². The number of aromatic carboxylic acids is 1. The van der Waals surface area contributed by atoms with Crippen molar-refractivity contribution in [1.82, 2.24) is 5.32 Å². The zero-order valence-corrected chi connectivity index (χ0v) is 11.5. The molecule has 2 N–H and O–H groups in total. The van der Waals surface area contributed by atoms with Crippen LogP contribution < -0.4 is 5.32 Å². The highest BCUT2D eigenvalue weighted by Crippen LogP contribution is 2.23. The minimum absolute atomic E-state index is 0.257. The highest BCUT2D eigenvalue weighted by atomic mass is 79.9. The van der Waals surface area contributed by atoms with Crippen LogP contribution >= 0.6 is 15.9 Å². The molecule has 0 spiro atoms. The van der Waals surface area contributed by atoms with Gasteiger partial charge in [0.2, 0.25) is 0 Å². The van der Waals surface area contributed by atoms with Gasteiger partial charge >= 0.3 is 5.97 Å². The van der Waals surface area contributed by atoms with Gasteiger partial charge in [0.05, 0.1) is 11.9 Å². The molecule has 0 atom stereocenters. The number of nitrogens with one attached hydrogen (secondary N) is 1. The fraction of sp³-hybridized carbons (Fsp3) is 0. The standard InChI is InChI=1S/C14H11BrN2O2/c15-13(8-12-5-2-6-16-9-17-12)10-3-1-4-11(7-10)14(18)19/h1-9H,(H,16,17)(H,18,19)/b13-8-. The van der Waals surface area contributed by atoms with E-state index in [4.69, 9.17) is 5.11 Å². The van der Waals surface area contributed by atoms with Gasteiger partial charge in [0, 0.05) is 16.4 Å². The molecule has 1 heterocycles. The summed E-state index contributed by atoms with van der Waals surface area (Å²) in [7, 11) is 0. The van der Waals surface area contributed by atoms with Gasteiger partial charge in [-0.1, -0.05) is 28.1 Å². The Bertz CT molecular complexity index is 616.